The summed E-state index contributed by atoms with van der Waals surface area (Å²) in [7, 11) is 0. The maximum atomic E-state index is 12.0. The van der Waals surface area contributed by atoms with Crippen LogP contribution in [0.2, 0.25) is 0 Å². The van der Waals surface area contributed by atoms with Gasteiger partial charge < -0.3 is 14.2 Å². The quantitative estimate of drug-likeness (QED) is 0.783. The summed E-state index contributed by atoms with van der Waals surface area (Å²) in [6.07, 6.45) is 6.43. The van der Waals surface area contributed by atoms with Gasteiger partial charge in [0.05, 0.1) is 13.2 Å². The second-order valence-corrected chi connectivity index (χ2v) is 6.97. The van der Waals surface area contributed by atoms with E-state index >= 15 is 0 Å². The Hall–Kier alpha value is -1.79. The molecule has 0 aromatic heterocycles. The largest absolute Gasteiger partial charge is 0.492 e. The van der Waals surface area contributed by atoms with Gasteiger partial charge in [0.1, 0.15) is 18.5 Å². The second-order valence-electron chi connectivity index (χ2n) is 6.97. The highest BCUT2D eigenvalue weighted by Gasteiger charge is 2.16. The topological polar surface area (TPSA) is 60.0 Å². The molecular weight excluding hydrogens is 332 g/mol. The molecule has 6 nitrogen and oxygen atoms in total. The van der Waals surface area contributed by atoms with Crippen LogP contribution in [0, 0.1) is 0 Å². The predicted molar refractivity (Wildman–Crippen MR) is 101 cm³/mol. The molecular formula is C20H30N2O4. The zero-order valence-corrected chi connectivity index (χ0v) is 15.5. The summed E-state index contributed by atoms with van der Waals surface area (Å²) < 4.78 is 16.7. The van der Waals surface area contributed by atoms with Crippen molar-refractivity contribution in [1.82, 2.24) is 4.90 Å². The Morgan fingerprint density at radius 3 is 2.46 bits per heavy atom. The molecule has 1 saturated heterocycles. The molecule has 1 saturated carbocycles. The van der Waals surface area contributed by atoms with Gasteiger partial charge in [0.25, 0.3) is 0 Å². The molecule has 2 fully saturated rings. The molecule has 0 atom stereocenters. The van der Waals surface area contributed by atoms with Crippen molar-refractivity contribution in [2.45, 2.75) is 44.6 Å². The number of morpholine rings is 1. The van der Waals surface area contributed by atoms with E-state index in [4.69, 9.17) is 14.2 Å². The lowest BCUT2D eigenvalue weighted by molar-refractivity contribution is 0.0322. The van der Waals surface area contributed by atoms with Crippen molar-refractivity contribution in [3.63, 3.8) is 0 Å². The molecule has 1 aliphatic heterocycles. The lowest BCUT2D eigenvalue weighted by Gasteiger charge is -2.26. The van der Waals surface area contributed by atoms with Crippen LogP contribution in [0.1, 0.15) is 38.5 Å². The number of benzene rings is 1. The van der Waals surface area contributed by atoms with Crippen LogP contribution < -0.4 is 10.1 Å². The Morgan fingerprint density at radius 1 is 1.08 bits per heavy atom. The van der Waals surface area contributed by atoms with E-state index in [1.165, 1.54) is 12.8 Å². The van der Waals surface area contributed by atoms with Gasteiger partial charge in [-0.25, -0.2) is 4.79 Å². The molecule has 0 radical (unpaired) electrons. The standard InChI is InChI=1S/C20H30N2O4/c23-20(26-19-5-3-1-2-4-6-19)21-17-7-9-18(10-8-17)25-16-13-22-11-14-24-15-12-22/h7-10,19H,1-6,11-16H2,(H,21,23). The minimum Gasteiger partial charge on any atom is -0.492 e. The molecule has 3 rings (SSSR count). The molecule has 1 aliphatic carbocycles. The highest BCUT2D eigenvalue weighted by Crippen LogP contribution is 2.21. The number of hydrogen-bond donors (Lipinski definition) is 1. The van der Waals surface area contributed by atoms with Crippen molar-refractivity contribution >= 4 is 11.8 Å². The number of nitrogens with zero attached hydrogens (tertiary/aromatic N) is 1. The zero-order valence-electron chi connectivity index (χ0n) is 15.5. The van der Waals surface area contributed by atoms with Crippen molar-refractivity contribution in [2.75, 3.05) is 44.8 Å². The molecule has 2 aliphatic rings. The van der Waals surface area contributed by atoms with Crippen LogP contribution in [-0.2, 0) is 9.47 Å². The lowest BCUT2D eigenvalue weighted by Crippen LogP contribution is -2.38. The Kier molecular flexibility index (Phi) is 7.58. The summed E-state index contributed by atoms with van der Waals surface area (Å²) in [6, 6.07) is 7.44. The highest BCUT2D eigenvalue weighted by atomic mass is 16.6. The fourth-order valence-electron chi connectivity index (χ4n) is 3.41. The zero-order chi connectivity index (χ0) is 18.0. The van der Waals surface area contributed by atoms with E-state index < -0.39 is 0 Å². The Bertz CT molecular complexity index is 535. The van der Waals surface area contributed by atoms with Crippen LogP contribution in [0.4, 0.5) is 10.5 Å². The summed E-state index contributed by atoms with van der Waals surface area (Å²) >= 11 is 0. The number of rotatable bonds is 6. The predicted octanol–water partition coefficient (Wildman–Crippen LogP) is 3.67. The van der Waals surface area contributed by atoms with Gasteiger partial charge in [-0.1, -0.05) is 12.8 Å². The van der Waals surface area contributed by atoms with E-state index in [2.05, 4.69) is 10.2 Å². The Balaban J connectivity index is 1.37. The fourth-order valence-corrected chi connectivity index (χ4v) is 3.41. The lowest BCUT2D eigenvalue weighted by atomic mass is 10.2. The molecule has 0 bridgehead atoms. The molecule has 6 heteroatoms. The molecule has 1 aromatic rings. The van der Waals surface area contributed by atoms with E-state index in [0.717, 1.165) is 70.0 Å². The molecule has 1 heterocycles. The second kappa shape index (κ2) is 10.4. The Labute approximate surface area is 155 Å². The normalized spacial score (nSPS) is 19.5. The number of carbonyl (C=O) groups is 1. The number of hydrogen-bond acceptors (Lipinski definition) is 5. The maximum Gasteiger partial charge on any atom is 0.411 e. The third-order valence-electron chi connectivity index (χ3n) is 4.96. The minimum atomic E-state index is -0.363. The molecule has 144 valence electrons. The smallest absolute Gasteiger partial charge is 0.411 e. The van der Waals surface area contributed by atoms with Crippen LogP contribution in [0.25, 0.3) is 0 Å². The van der Waals surface area contributed by atoms with Crippen molar-refractivity contribution in [1.29, 1.82) is 0 Å². The molecule has 1 aromatic carbocycles. The summed E-state index contributed by atoms with van der Waals surface area (Å²) in [5.41, 5.74) is 0.726. The Morgan fingerprint density at radius 2 is 1.77 bits per heavy atom. The maximum absolute atomic E-state index is 12.0. The molecule has 26 heavy (non-hydrogen) atoms. The molecule has 1 amide bonds. The van der Waals surface area contributed by atoms with Gasteiger partial charge >= 0.3 is 6.09 Å². The van der Waals surface area contributed by atoms with Gasteiger partial charge in [-0.3, -0.25) is 10.2 Å². The average Bonchev–Trinajstić information content (AvgIpc) is 2.93. The van der Waals surface area contributed by atoms with E-state index in [0.29, 0.717) is 6.61 Å². The van der Waals surface area contributed by atoms with Gasteiger partial charge in [0.15, 0.2) is 0 Å². The monoisotopic (exact) mass is 362 g/mol. The number of amides is 1. The minimum absolute atomic E-state index is 0.0558. The number of ether oxygens (including phenoxy) is 3. The third kappa shape index (κ3) is 6.50. The van der Waals surface area contributed by atoms with Crippen LogP contribution >= 0.6 is 0 Å². The number of nitrogens with one attached hydrogen (secondary N) is 1. The highest BCUT2D eigenvalue weighted by molar-refractivity contribution is 5.84. The van der Waals surface area contributed by atoms with Crippen LogP contribution in [0.3, 0.4) is 0 Å². The van der Waals surface area contributed by atoms with Crippen LogP contribution in [-0.4, -0.2) is 56.6 Å². The third-order valence-corrected chi connectivity index (χ3v) is 4.96. The van der Waals surface area contributed by atoms with Gasteiger partial charge in [-0.05, 0) is 49.9 Å². The molecule has 0 spiro atoms. The van der Waals surface area contributed by atoms with E-state index in [-0.39, 0.29) is 12.2 Å². The number of anilines is 1. The molecule has 1 N–H and O–H groups in total. The molecule has 0 unspecified atom stereocenters. The average molecular weight is 362 g/mol. The summed E-state index contributed by atoms with van der Waals surface area (Å²) in [4.78, 5) is 14.4. The first-order chi connectivity index (χ1) is 12.8. The van der Waals surface area contributed by atoms with E-state index in [1.54, 1.807) is 0 Å². The van der Waals surface area contributed by atoms with E-state index in [9.17, 15) is 4.79 Å². The van der Waals surface area contributed by atoms with Crippen molar-refractivity contribution < 1.29 is 19.0 Å². The van der Waals surface area contributed by atoms with E-state index in [1.807, 2.05) is 24.3 Å². The summed E-state index contributed by atoms with van der Waals surface area (Å²) in [5.74, 6) is 0.806. The number of carbonyl (C=O) groups excluding carboxylic acids is 1. The van der Waals surface area contributed by atoms with Crippen molar-refractivity contribution in [3.8, 4) is 5.75 Å². The fraction of sp³-hybridized carbons (Fsp3) is 0.650. The first-order valence-electron chi connectivity index (χ1n) is 9.80. The SMILES string of the molecule is O=C(Nc1ccc(OCCN2CCOCC2)cc1)OC1CCCCCC1. The van der Waals surface area contributed by atoms with Gasteiger partial charge in [0.2, 0.25) is 0 Å². The van der Waals surface area contributed by atoms with Gasteiger partial charge in [-0.2, -0.15) is 0 Å². The van der Waals surface area contributed by atoms with Gasteiger partial charge in [0, 0.05) is 25.3 Å². The van der Waals surface area contributed by atoms with Crippen LogP contribution in [0.5, 0.6) is 5.75 Å². The van der Waals surface area contributed by atoms with Crippen LogP contribution in [0.15, 0.2) is 24.3 Å². The summed E-state index contributed by atoms with van der Waals surface area (Å²) in [6.45, 7) is 5.09. The van der Waals surface area contributed by atoms with Crippen molar-refractivity contribution in [2.24, 2.45) is 0 Å². The van der Waals surface area contributed by atoms with Crippen molar-refractivity contribution in [3.05, 3.63) is 24.3 Å². The summed E-state index contributed by atoms with van der Waals surface area (Å²) in [5, 5.41) is 2.81. The van der Waals surface area contributed by atoms with Gasteiger partial charge in [-0.15, -0.1) is 0 Å². The first-order valence-corrected chi connectivity index (χ1v) is 9.80. The first kappa shape index (κ1) is 19.0.